The van der Waals surface area contributed by atoms with E-state index in [1.807, 2.05) is 11.0 Å². The van der Waals surface area contributed by atoms with Crippen LogP contribution in [0.1, 0.15) is 55.2 Å². The van der Waals surface area contributed by atoms with Crippen LogP contribution in [-0.4, -0.2) is 263 Å². The number of urea groups is 1. The summed E-state index contributed by atoms with van der Waals surface area (Å²) in [5.74, 6) is -5.71. The van der Waals surface area contributed by atoms with Crippen LogP contribution >= 0.6 is 0 Å². The standard InChI is InChI=1S/C60H89N13O17/c1-2-50(75)62-20-21-65-60(86)69-59(61)64-19-6-9-49(57(84)66-39-44-10-16-48(74)17-11-44)68-58(85)56(45-7-4-3-5-8-45)46-12-14-47(15-13-46)67-51(76)18-31-87-33-35-89-37-38-90-36-34-88-32-22-63-52(77)40-70-23-25-71(41-53(78)79)27-29-73(43-55(82)83)30-28-72(26-24-70)42-54(80)81/h3-5,7-8,10-17,49,56,74H,2,6,9,18-43H2,1H3,(H,62,75)(H,63,77)(H,66,84)(H,67,76)(H,68,85)(H,78,79)(H,80,81)(H,82,83)(H4,61,64,65,69,86)/t49?,56-/m1/s1. The molecule has 0 saturated carbocycles. The predicted molar refractivity (Wildman–Crippen MR) is 330 cm³/mol. The van der Waals surface area contributed by atoms with Gasteiger partial charge in [0.05, 0.1) is 91.4 Å². The topological polar surface area (TPSA) is 407 Å². The van der Waals surface area contributed by atoms with E-state index in [9.17, 15) is 63.6 Å². The second-order valence-electron chi connectivity index (χ2n) is 20.8. The van der Waals surface area contributed by atoms with Gasteiger partial charge >= 0.3 is 23.9 Å². The molecule has 1 fully saturated rings. The Morgan fingerprint density at radius 2 is 1.03 bits per heavy atom. The van der Waals surface area contributed by atoms with E-state index in [1.54, 1.807) is 82.3 Å². The molecule has 0 radical (unpaired) electrons. The Bertz CT molecular complexity index is 2680. The Morgan fingerprint density at radius 1 is 0.544 bits per heavy atom. The van der Waals surface area contributed by atoms with Gasteiger partial charge in [-0.15, -0.1) is 0 Å². The fraction of sp³-hybridized carbons (Fsp3) is 0.533. The summed E-state index contributed by atoms with van der Waals surface area (Å²) in [6.07, 6.45) is 0.816. The van der Waals surface area contributed by atoms with Gasteiger partial charge in [0.25, 0.3) is 0 Å². The van der Waals surface area contributed by atoms with Gasteiger partial charge in [0.2, 0.25) is 29.5 Å². The van der Waals surface area contributed by atoms with E-state index in [-0.39, 0.29) is 173 Å². The predicted octanol–water partition coefficient (Wildman–Crippen LogP) is -0.768. The first-order valence-corrected chi connectivity index (χ1v) is 29.9. The summed E-state index contributed by atoms with van der Waals surface area (Å²) in [7, 11) is 0. The lowest BCUT2D eigenvalue weighted by atomic mass is 9.90. The number of hydrogen-bond donors (Lipinski definition) is 12. The van der Waals surface area contributed by atoms with Gasteiger partial charge in [-0.2, -0.15) is 0 Å². The van der Waals surface area contributed by atoms with Gasteiger partial charge in [0.1, 0.15) is 11.8 Å². The van der Waals surface area contributed by atoms with Crippen molar-refractivity contribution in [3.05, 3.63) is 95.6 Å². The minimum absolute atomic E-state index is 0.00880. The molecule has 30 heteroatoms. The van der Waals surface area contributed by atoms with Crippen LogP contribution < -0.4 is 43.0 Å². The number of carbonyl (C=O) groups excluding carboxylic acids is 6. The van der Waals surface area contributed by atoms with Crippen molar-refractivity contribution >= 4 is 65.1 Å². The molecule has 30 nitrogen and oxygen atoms in total. The molecule has 0 aromatic heterocycles. The van der Waals surface area contributed by atoms with Crippen molar-refractivity contribution in [1.82, 2.24) is 51.5 Å². The third kappa shape index (κ3) is 32.7. The molecule has 13 N–H and O–H groups in total. The van der Waals surface area contributed by atoms with Gasteiger partial charge in [-0.05, 0) is 53.8 Å². The van der Waals surface area contributed by atoms with Crippen molar-refractivity contribution in [2.45, 2.75) is 51.1 Å². The molecule has 1 unspecified atom stereocenters. The molecular weight excluding hydrogens is 1170 g/mol. The zero-order valence-corrected chi connectivity index (χ0v) is 51.1. The third-order valence-electron chi connectivity index (χ3n) is 13.7. The number of amides is 7. The Labute approximate surface area is 523 Å². The number of guanidine groups is 1. The number of phenolic OH excluding ortho intramolecular Hbond substituents is 1. The first-order chi connectivity index (χ1) is 43.4. The van der Waals surface area contributed by atoms with Crippen LogP contribution in [0, 0.1) is 0 Å². The van der Waals surface area contributed by atoms with Crippen molar-refractivity contribution in [2.24, 2.45) is 10.7 Å². The summed E-state index contributed by atoms with van der Waals surface area (Å²) < 4.78 is 22.3. The van der Waals surface area contributed by atoms with Crippen molar-refractivity contribution in [3.8, 4) is 5.75 Å². The van der Waals surface area contributed by atoms with Gasteiger partial charge in [-0.25, -0.2) is 4.79 Å². The maximum atomic E-state index is 14.3. The number of ether oxygens (including phenoxy) is 4. The van der Waals surface area contributed by atoms with Gasteiger partial charge in [0, 0.05) is 97.2 Å². The van der Waals surface area contributed by atoms with E-state index in [0.29, 0.717) is 62.6 Å². The SMILES string of the molecule is CCC(=O)NCCNC(=O)NC(N)=NCCCC(NC(=O)[C@H](c1ccccc1)c1ccc(NC(=O)CCOCCOCCOCCOCCNC(=O)CN2CCN(CC(=O)O)CCN(CC(=O)O)CCN(CC(=O)O)CC2)cc1)C(=O)NCc1ccc(O)cc1. The molecule has 1 aliphatic rings. The molecule has 3 aromatic rings. The van der Waals surface area contributed by atoms with Crippen molar-refractivity contribution in [3.63, 3.8) is 0 Å². The molecule has 496 valence electrons. The number of phenols is 1. The second-order valence-corrected chi connectivity index (χ2v) is 20.8. The molecule has 0 spiro atoms. The molecule has 4 rings (SSSR count). The van der Waals surface area contributed by atoms with Crippen LogP contribution in [0.3, 0.4) is 0 Å². The molecule has 1 heterocycles. The van der Waals surface area contributed by atoms with Crippen LogP contribution in [0.4, 0.5) is 10.5 Å². The zero-order valence-electron chi connectivity index (χ0n) is 51.1. The first kappa shape index (κ1) is 74.1. The number of nitrogens with one attached hydrogen (secondary N) is 7. The van der Waals surface area contributed by atoms with E-state index in [4.69, 9.17) is 24.7 Å². The van der Waals surface area contributed by atoms with Crippen molar-refractivity contribution in [2.75, 3.05) is 163 Å². The Hall–Kier alpha value is -8.36. The molecule has 3 aromatic carbocycles. The van der Waals surface area contributed by atoms with E-state index in [0.717, 1.165) is 5.56 Å². The fourth-order valence-electron chi connectivity index (χ4n) is 9.00. The van der Waals surface area contributed by atoms with Gasteiger partial charge < -0.3 is 77.0 Å². The highest BCUT2D eigenvalue weighted by atomic mass is 16.6. The van der Waals surface area contributed by atoms with Crippen molar-refractivity contribution in [1.29, 1.82) is 0 Å². The highest BCUT2D eigenvalue weighted by molar-refractivity contribution is 5.95. The molecule has 2 atom stereocenters. The number of aromatic hydroxyl groups is 1. The monoisotopic (exact) mass is 1260 g/mol. The number of aliphatic imine (C=N–C) groups is 1. The van der Waals surface area contributed by atoms with Gasteiger partial charge in [-0.1, -0.05) is 61.5 Å². The average Bonchev–Trinajstić information content (AvgIpc) is 1.04. The smallest absolute Gasteiger partial charge is 0.321 e. The average molecular weight is 1260 g/mol. The Morgan fingerprint density at radius 3 is 1.57 bits per heavy atom. The molecule has 90 heavy (non-hydrogen) atoms. The quantitative estimate of drug-likeness (QED) is 0.0190. The largest absolute Gasteiger partial charge is 0.508 e. The van der Waals surface area contributed by atoms with Crippen LogP contribution in [0.15, 0.2) is 83.9 Å². The maximum Gasteiger partial charge on any atom is 0.321 e. The van der Waals surface area contributed by atoms with Crippen molar-refractivity contribution < 1.29 is 82.5 Å². The molecular formula is C60H89N13O17. The Kier molecular flexibility index (Phi) is 35.7. The van der Waals surface area contributed by atoms with E-state index < -0.39 is 47.7 Å². The number of benzene rings is 3. The normalized spacial score (nSPS) is 14.6. The lowest BCUT2D eigenvalue weighted by molar-refractivity contribution is -0.140. The highest BCUT2D eigenvalue weighted by Gasteiger charge is 2.29. The number of hydrogen-bond acceptors (Lipinski definition) is 19. The minimum Gasteiger partial charge on any atom is -0.508 e. The third-order valence-corrected chi connectivity index (χ3v) is 13.7. The summed E-state index contributed by atoms with van der Waals surface area (Å²) in [6.45, 7) is 6.12. The summed E-state index contributed by atoms with van der Waals surface area (Å²) in [6, 6.07) is 20.5. The van der Waals surface area contributed by atoms with Crippen LogP contribution in [0.5, 0.6) is 5.75 Å². The number of rotatable bonds is 39. The zero-order chi connectivity index (χ0) is 65.3. The summed E-state index contributed by atoms with van der Waals surface area (Å²) in [4.78, 5) is 123. The molecule has 0 aliphatic carbocycles. The number of anilines is 1. The van der Waals surface area contributed by atoms with Crippen LogP contribution in [-0.2, 0) is 63.8 Å². The van der Waals surface area contributed by atoms with Gasteiger partial charge in [-0.3, -0.25) is 68.3 Å². The lowest BCUT2D eigenvalue weighted by Crippen LogP contribution is -2.50. The molecule has 7 amide bonds. The number of aliphatic carboxylic acids is 3. The van der Waals surface area contributed by atoms with E-state index in [1.165, 1.54) is 12.1 Å². The van der Waals surface area contributed by atoms with Gasteiger partial charge in [0.15, 0.2) is 5.96 Å². The number of carboxylic acids is 3. The maximum absolute atomic E-state index is 14.3. The van der Waals surface area contributed by atoms with Crippen LogP contribution in [0.2, 0.25) is 0 Å². The summed E-state index contributed by atoms with van der Waals surface area (Å²) in [5.41, 5.74) is 8.38. The summed E-state index contributed by atoms with van der Waals surface area (Å²) >= 11 is 0. The fourth-order valence-corrected chi connectivity index (χ4v) is 9.00. The first-order valence-electron chi connectivity index (χ1n) is 29.9. The number of carboxylic acid groups (broad SMARTS) is 3. The number of nitrogens with zero attached hydrogens (tertiary/aromatic N) is 5. The number of nitrogens with two attached hydrogens (primary N) is 1. The minimum atomic E-state index is -1.04. The molecule has 0 bridgehead atoms. The number of carbonyl (C=O) groups is 9. The van der Waals surface area contributed by atoms with Crippen LogP contribution in [0.25, 0.3) is 0 Å². The lowest BCUT2D eigenvalue weighted by Gasteiger charge is -2.32. The van der Waals surface area contributed by atoms with E-state index in [2.05, 4.69) is 42.2 Å². The Balaban J connectivity index is 1.13. The molecule has 1 saturated heterocycles. The second kappa shape index (κ2) is 43.3. The summed E-state index contributed by atoms with van der Waals surface area (Å²) in [5, 5.41) is 57.1. The molecule has 1 aliphatic heterocycles. The van der Waals surface area contributed by atoms with E-state index >= 15 is 0 Å². The highest BCUT2D eigenvalue weighted by Crippen LogP contribution is 2.27.